The number of aliphatic hydroxyl groups excluding tert-OH is 1. The van der Waals surface area contributed by atoms with E-state index in [0.29, 0.717) is 6.42 Å². The zero-order valence-corrected chi connectivity index (χ0v) is 6.27. The summed E-state index contributed by atoms with van der Waals surface area (Å²) in [6, 6.07) is 3.66. The van der Waals surface area contributed by atoms with E-state index < -0.39 is 0 Å². The fourth-order valence-electron chi connectivity index (χ4n) is 0.901. The van der Waals surface area contributed by atoms with Gasteiger partial charge in [0.1, 0.15) is 0 Å². The van der Waals surface area contributed by atoms with Crippen LogP contribution in [0.15, 0.2) is 24.5 Å². The van der Waals surface area contributed by atoms with Crippen LogP contribution >= 0.6 is 0 Å². The van der Waals surface area contributed by atoms with Gasteiger partial charge in [-0.1, -0.05) is 6.07 Å². The van der Waals surface area contributed by atoms with Crippen molar-refractivity contribution in [1.82, 2.24) is 4.98 Å². The lowest BCUT2D eigenvalue weighted by Gasteiger charge is -2.08. The molecule has 0 bridgehead atoms. The summed E-state index contributed by atoms with van der Waals surface area (Å²) in [6.45, 7) is 0.121. The minimum Gasteiger partial charge on any atom is -0.396 e. The molecule has 0 saturated carbocycles. The van der Waals surface area contributed by atoms with Crippen LogP contribution in [0.3, 0.4) is 0 Å². The minimum atomic E-state index is -0.0892. The monoisotopic (exact) mass is 152 g/mol. The first-order valence-electron chi connectivity index (χ1n) is 3.61. The number of aliphatic hydroxyl groups is 1. The molecule has 1 aromatic rings. The molecule has 3 nitrogen and oxygen atoms in total. The van der Waals surface area contributed by atoms with Crippen molar-refractivity contribution in [2.45, 2.75) is 12.5 Å². The largest absolute Gasteiger partial charge is 0.396 e. The van der Waals surface area contributed by atoms with E-state index >= 15 is 0 Å². The predicted molar refractivity (Wildman–Crippen MR) is 42.9 cm³/mol. The summed E-state index contributed by atoms with van der Waals surface area (Å²) in [5, 5.41) is 8.60. The van der Waals surface area contributed by atoms with Gasteiger partial charge in [-0.3, -0.25) is 4.98 Å². The lowest BCUT2D eigenvalue weighted by Crippen LogP contribution is -2.11. The molecule has 0 amide bonds. The van der Waals surface area contributed by atoms with E-state index in [0.717, 1.165) is 5.56 Å². The fraction of sp³-hybridized carbons (Fsp3) is 0.375. The zero-order chi connectivity index (χ0) is 8.10. The summed E-state index contributed by atoms with van der Waals surface area (Å²) in [6.07, 6.45) is 4.02. The molecule has 3 heteroatoms. The van der Waals surface area contributed by atoms with Crippen LogP contribution in [0.5, 0.6) is 0 Å². The number of aromatic nitrogens is 1. The number of nitrogens with two attached hydrogens (primary N) is 1. The van der Waals surface area contributed by atoms with Gasteiger partial charge in [-0.2, -0.15) is 0 Å². The highest BCUT2D eigenvalue weighted by Crippen LogP contribution is 2.10. The topological polar surface area (TPSA) is 59.1 Å². The molecule has 60 valence electrons. The highest BCUT2D eigenvalue weighted by atomic mass is 16.3. The van der Waals surface area contributed by atoms with Crippen molar-refractivity contribution in [3.05, 3.63) is 30.1 Å². The van der Waals surface area contributed by atoms with Gasteiger partial charge in [-0.15, -0.1) is 0 Å². The molecule has 0 radical (unpaired) electrons. The van der Waals surface area contributed by atoms with Gasteiger partial charge < -0.3 is 10.8 Å². The van der Waals surface area contributed by atoms with Gasteiger partial charge in [0.25, 0.3) is 0 Å². The van der Waals surface area contributed by atoms with Crippen molar-refractivity contribution in [2.75, 3.05) is 6.61 Å². The Hall–Kier alpha value is -0.930. The first-order valence-corrected chi connectivity index (χ1v) is 3.61. The summed E-state index contributed by atoms with van der Waals surface area (Å²) in [5.74, 6) is 0. The van der Waals surface area contributed by atoms with E-state index in [1.54, 1.807) is 12.4 Å². The molecule has 0 aromatic carbocycles. The smallest absolute Gasteiger partial charge is 0.0449 e. The third-order valence-corrected chi connectivity index (χ3v) is 1.55. The van der Waals surface area contributed by atoms with Crippen LogP contribution in [0.25, 0.3) is 0 Å². The molecule has 0 aliphatic rings. The van der Waals surface area contributed by atoms with Gasteiger partial charge in [0, 0.05) is 25.0 Å². The molecule has 0 fully saturated rings. The molecule has 0 aliphatic carbocycles. The first-order chi connectivity index (χ1) is 5.34. The Labute approximate surface area is 65.9 Å². The standard InChI is InChI=1S/C8H12N2O/c9-8(3-5-11)7-2-1-4-10-6-7/h1-2,4,6,8,11H,3,5,9H2/t8-/m0/s1. The summed E-state index contributed by atoms with van der Waals surface area (Å²) in [7, 11) is 0. The second kappa shape index (κ2) is 4.05. The van der Waals surface area contributed by atoms with E-state index in [-0.39, 0.29) is 12.6 Å². The molecular weight excluding hydrogens is 140 g/mol. The fourth-order valence-corrected chi connectivity index (χ4v) is 0.901. The van der Waals surface area contributed by atoms with E-state index in [9.17, 15) is 0 Å². The Morgan fingerprint density at radius 3 is 3.00 bits per heavy atom. The number of pyridine rings is 1. The molecular formula is C8H12N2O. The lowest BCUT2D eigenvalue weighted by molar-refractivity contribution is 0.276. The molecule has 3 N–H and O–H groups in total. The Bertz CT molecular complexity index is 201. The third kappa shape index (κ3) is 2.29. The summed E-state index contributed by atoms with van der Waals surface area (Å²) < 4.78 is 0. The van der Waals surface area contributed by atoms with Crippen LogP contribution in [0.1, 0.15) is 18.0 Å². The Morgan fingerprint density at radius 1 is 1.64 bits per heavy atom. The summed E-state index contributed by atoms with van der Waals surface area (Å²) in [4.78, 5) is 3.93. The van der Waals surface area contributed by atoms with E-state index in [1.807, 2.05) is 12.1 Å². The van der Waals surface area contributed by atoms with E-state index in [2.05, 4.69) is 4.98 Å². The molecule has 1 atom stereocenters. The molecule has 1 rings (SSSR count). The van der Waals surface area contributed by atoms with Gasteiger partial charge in [-0.05, 0) is 18.1 Å². The highest BCUT2D eigenvalue weighted by Gasteiger charge is 2.02. The molecule has 0 aliphatic heterocycles. The van der Waals surface area contributed by atoms with Crippen LogP contribution in [0, 0.1) is 0 Å². The SMILES string of the molecule is N[C@@H](CCO)c1cccnc1. The normalized spacial score (nSPS) is 12.9. The lowest BCUT2D eigenvalue weighted by atomic mass is 10.1. The van der Waals surface area contributed by atoms with Crippen molar-refractivity contribution in [3.8, 4) is 0 Å². The molecule has 1 heterocycles. The van der Waals surface area contributed by atoms with Crippen molar-refractivity contribution >= 4 is 0 Å². The number of hydrogen-bond donors (Lipinski definition) is 2. The Kier molecular flexibility index (Phi) is 3.01. The van der Waals surface area contributed by atoms with Crippen molar-refractivity contribution in [3.63, 3.8) is 0 Å². The van der Waals surface area contributed by atoms with Crippen LogP contribution in [0.2, 0.25) is 0 Å². The second-order valence-electron chi connectivity index (χ2n) is 2.41. The number of nitrogens with zero attached hydrogens (tertiary/aromatic N) is 1. The average Bonchev–Trinajstić information content (AvgIpc) is 2.07. The van der Waals surface area contributed by atoms with Gasteiger partial charge in [0.15, 0.2) is 0 Å². The van der Waals surface area contributed by atoms with Crippen LogP contribution < -0.4 is 5.73 Å². The number of rotatable bonds is 3. The third-order valence-electron chi connectivity index (χ3n) is 1.55. The maximum atomic E-state index is 8.60. The summed E-state index contributed by atoms with van der Waals surface area (Å²) >= 11 is 0. The van der Waals surface area contributed by atoms with Gasteiger partial charge in [0.05, 0.1) is 0 Å². The van der Waals surface area contributed by atoms with Gasteiger partial charge >= 0.3 is 0 Å². The highest BCUT2D eigenvalue weighted by molar-refractivity contribution is 5.12. The van der Waals surface area contributed by atoms with Crippen molar-refractivity contribution in [2.24, 2.45) is 5.73 Å². The molecule has 11 heavy (non-hydrogen) atoms. The zero-order valence-electron chi connectivity index (χ0n) is 6.27. The van der Waals surface area contributed by atoms with E-state index in [4.69, 9.17) is 10.8 Å². The van der Waals surface area contributed by atoms with Gasteiger partial charge in [0.2, 0.25) is 0 Å². The van der Waals surface area contributed by atoms with Crippen molar-refractivity contribution in [1.29, 1.82) is 0 Å². The Balaban J connectivity index is 2.61. The maximum absolute atomic E-state index is 8.60. The molecule has 0 unspecified atom stereocenters. The predicted octanol–water partition coefficient (Wildman–Crippen LogP) is 0.464. The molecule has 0 saturated heterocycles. The second-order valence-corrected chi connectivity index (χ2v) is 2.41. The van der Waals surface area contributed by atoms with Crippen LogP contribution in [-0.4, -0.2) is 16.7 Å². The maximum Gasteiger partial charge on any atom is 0.0449 e. The Morgan fingerprint density at radius 2 is 2.45 bits per heavy atom. The first kappa shape index (κ1) is 8.17. The summed E-state index contributed by atoms with van der Waals surface area (Å²) in [5.41, 5.74) is 6.68. The van der Waals surface area contributed by atoms with Gasteiger partial charge in [-0.25, -0.2) is 0 Å². The minimum absolute atomic E-state index is 0.0892. The quantitative estimate of drug-likeness (QED) is 0.661. The molecule has 1 aromatic heterocycles. The molecule has 0 spiro atoms. The number of hydrogen-bond acceptors (Lipinski definition) is 3. The van der Waals surface area contributed by atoms with Crippen molar-refractivity contribution < 1.29 is 5.11 Å². The van der Waals surface area contributed by atoms with Crippen LogP contribution in [0.4, 0.5) is 0 Å². The van der Waals surface area contributed by atoms with E-state index in [1.165, 1.54) is 0 Å². The van der Waals surface area contributed by atoms with Crippen LogP contribution in [-0.2, 0) is 0 Å². The average molecular weight is 152 g/mol.